The molecule has 3 nitrogen and oxygen atoms in total. The van der Waals surface area contributed by atoms with Gasteiger partial charge in [0.25, 0.3) is 0 Å². The van der Waals surface area contributed by atoms with Gasteiger partial charge in [0, 0.05) is 12.7 Å². The molecule has 0 aliphatic heterocycles. The topological polar surface area (TPSA) is 34.2 Å². The van der Waals surface area contributed by atoms with Crippen LogP contribution in [0, 0.1) is 0 Å². The zero-order valence-corrected chi connectivity index (χ0v) is 9.27. The normalized spacial score (nSPS) is 10.2. The first-order valence-corrected chi connectivity index (χ1v) is 5.04. The molecule has 0 spiro atoms. The van der Waals surface area contributed by atoms with Gasteiger partial charge in [0.15, 0.2) is 10.9 Å². The van der Waals surface area contributed by atoms with Crippen molar-refractivity contribution in [2.75, 3.05) is 13.7 Å². The van der Waals surface area contributed by atoms with Gasteiger partial charge in [-0.1, -0.05) is 18.5 Å². The summed E-state index contributed by atoms with van der Waals surface area (Å²) in [5.41, 5.74) is 1.08. The number of halogens is 1. The van der Waals surface area contributed by atoms with Gasteiger partial charge in [-0.25, -0.2) is 4.98 Å². The fourth-order valence-electron chi connectivity index (χ4n) is 1.12. The quantitative estimate of drug-likeness (QED) is 0.603. The predicted molar refractivity (Wildman–Crippen MR) is 57.8 cm³/mol. The summed E-state index contributed by atoms with van der Waals surface area (Å²) >= 11 is 5.80. The van der Waals surface area contributed by atoms with Crippen LogP contribution < -0.4 is 10.1 Å². The first-order chi connectivity index (χ1) is 6.77. The van der Waals surface area contributed by atoms with E-state index < -0.39 is 0 Å². The molecule has 4 heteroatoms. The third-order valence-electron chi connectivity index (χ3n) is 1.84. The van der Waals surface area contributed by atoms with Crippen LogP contribution in [0.3, 0.4) is 0 Å². The zero-order chi connectivity index (χ0) is 10.4. The molecule has 0 radical (unpaired) electrons. The van der Waals surface area contributed by atoms with E-state index in [1.165, 1.54) is 0 Å². The Balaban J connectivity index is 2.60. The number of methoxy groups -OCH3 is 1. The Morgan fingerprint density at radius 3 is 3.00 bits per heavy atom. The van der Waals surface area contributed by atoms with Crippen molar-refractivity contribution in [3.05, 3.63) is 23.0 Å². The summed E-state index contributed by atoms with van der Waals surface area (Å²) in [4.78, 5) is 4.03. The van der Waals surface area contributed by atoms with Crippen molar-refractivity contribution in [3.63, 3.8) is 0 Å². The van der Waals surface area contributed by atoms with E-state index in [1.54, 1.807) is 13.3 Å². The molecule has 0 atom stereocenters. The van der Waals surface area contributed by atoms with Gasteiger partial charge in [0.05, 0.1) is 7.11 Å². The fraction of sp³-hybridized carbons (Fsp3) is 0.500. The number of pyridine rings is 1. The van der Waals surface area contributed by atoms with Crippen LogP contribution in [0.1, 0.15) is 18.9 Å². The van der Waals surface area contributed by atoms with Crippen LogP contribution in [0.5, 0.6) is 5.75 Å². The fourth-order valence-corrected chi connectivity index (χ4v) is 1.30. The van der Waals surface area contributed by atoms with E-state index in [9.17, 15) is 0 Å². The molecule has 0 unspecified atom stereocenters. The van der Waals surface area contributed by atoms with Crippen LogP contribution in [0.2, 0.25) is 5.15 Å². The van der Waals surface area contributed by atoms with Gasteiger partial charge < -0.3 is 10.1 Å². The summed E-state index contributed by atoms with van der Waals surface area (Å²) in [5, 5.41) is 3.69. The molecule has 0 fully saturated rings. The Hall–Kier alpha value is -0.800. The molecule has 0 aliphatic rings. The molecule has 0 aromatic carbocycles. The van der Waals surface area contributed by atoms with Gasteiger partial charge in [0.1, 0.15) is 0 Å². The number of nitrogens with one attached hydrogen (secondary N) is 1. The van der Waals surface area contributed by atoms with Crippen molar-refractivity contribution in [2.45, 2.75) is 19.9 Å². The molecule has 14 heavy (non-hydrogen) atoms. The lowest BCUT2D eigenvalue weighted by Crippen LogP contribution is -2.13. The minimum atomic E-state index is 0.409. The molecule has 1 N–H and O–H groups in total. The third-order valence-corrected chi connectivity index (χ3v) is 2.12. The molecule has 1 aromatic rings. The lowest BCUT2D eigenvalue weighted by atomic mass is 10.2. The highest BCUT2D eigenvalue weighted by Crippen LogP contribution is 2.21. The summed E-state index contributed by atoms with van der Waals surface area (Å²) in [6.07, 6.45) is 2.88. The lowest BCUT2D eigenvalue weighted by molar-refractivity contribution is 0.412. The summed E-state index contributed by atoms with van der Waals surface area (Å²) in [6, 6.07) is 1.90. The van der Waals surface area contributed by atoms with Crippen LogP contribution in [0.15, 0.2) is 12.3 Å². The second kappa shape index (κ2) is 5.83. The molecule has 1 rings (SSSR count). The smallest absolute Gasteiger partial charge is 0.171 e. The Morgan fingerprint density at radius 1 is 1.57 bits per heavy atom. The zero-order valence-electron chi connectivity index (χ0n) is 8.51. The standard InChI is InChI=1S/C10H15ClN2O/c1-3-4-12-6-8-5-9(14-2)10(11)13-7-8/h5,7,12H,3-4,6H2,1-2H3. The van der Waals surface area contributed by atoms with Crippen molar-refractivity contribution < 1.29 is 4.74 Å². The molecule has 78 valence electrons. The van der Waals surface area contributed by atoms with Crippen molar-refractivity contribution in [3.8, 4) is 5.75 Å². The van der Waals surface area contributed by atoms with Crippen LogP contribution in [0.25, 0.3) is 0 Å². The maximum Gasteiger partial charge on any atom is 0.171 e. The van der Waals surface area contributed by atoms with Crippen molar-refractivity contribution in [1.82, 2.24) is 10.3 Å². The number of hydrogen-bond acceptors (Lipinski definition) is 3. The number of aromatic nitrogens is 1. The molecule has 0 aliphatic carbocycles. The van der Waals surface area contributed by atoms with E-state index in [1.807, 2.05) is 6.07 Å². The van der Waals surface area contributed by atoms with E-state index in [2.05, 4.69) is 17.2 Å². The molecule has 0 bridgehead atoms. The van der Waals surface area contributed by atoms with E-state index in [4.69, 9.17) is 16.3 Å². The van der Waals surface area contributed by atoms with Gasteiger partial charge in [-0.3, -0.25) is 0 Å². The van der Waals surface area contributed by atoms with Gasteiger partial charge >= 0.3 is 0 Å². The molecule has 0 amide bonds. The Morgan fingerprint density at radius 2 is 2.36 bits per heavy atom. The lowest BCUT2D eigenvalue weighted by Gasteiger charge is -2.06. The molecule has 1 aromatic heterocycles. The summed E-state index contributed by atoms with van der Waals surface area (Å²) in [7, 11) is 1.59. The number of rotatable bonds is 5. The van der Waals surface area contributed by atoms with Gasteiger partial charge in [-0.05, 0) is 24.6 Å². The SMILES string of the molecule is CCCNCc1cnc(Cl)c(OC)c1. The highest BCUT2D eigenvalue weighted by atomic mass is 35.5. The molecule has 0 saturated carbocycles. The monoisotopic (exact) mass is 214 g/mol. The Labute approximate surface area is 89.4 Å². The van der Waals surface area contributed by atoms with E-state index >= 15 is 0 Å². The maximum absolute atomic E-state index is 5.80. The maximum atomic E-state index is 5.80. The van der Waals surface area contributed by atoms with Crippen LogP contribution in [-0.4, -0.2) is 18.6 Å². The first-order valence-electron chi connectivity index (χ1n) is 4.67. The Kier molecular flexibility index (Phi) is 4.70. The first kappa shape index (κ1) is 11.3. The minimum Gasteiger partial charge on any atom is -0.494 e. The predicted octanol–water partition coefficient (Wildman–Crippen LogP) is 2.24. The van der Waals surface area contributed by atoms with Crippen LogP contribution in [-0.2, 0) is 6.54 Å². The summed E-state index contributed by atoms with van der Waals surface area (Å²) in [5.74, 6) is 0.627. The average Bonchev–Trinajstić information content (AvgIpc) is 2.21. The average molecular weight is 215 g/mol. The number of hydrogen-bond donors (Lipinski definition) is 1. The van der Waals surface area contributed by atoms with Crippen molar-refractivity contribution >= 4 is 11.6 Å². The van der Waals surface area contributed by atoms with E-state index in [-0.39, 0.29) is 0 Å². The molecular formula is C10H15ClN2O. The Bertz CT molecular complexity index is 291. The molecule has 1 heterocycles. The van der Waals surface area contributed by atoms with Crippen LogP contribution in [0.4, 0.5) is 0 Å². The van der Waals surface area contributed by atoms with Gasteiger partial charge in [-0.2, -0.15) is 0 Å². The van der Waals surface area contributed by atoms with Crippen molar-refractivity contribution in [2.24, 2.45) is 0 Å². The van der Waals surface area contributed by atoms with Gasteiger partial charge in [0.2, 0.25) is 0 Å². The third kappa shape index (κ3) is 3.16. The highest BCUT2D eigenvalue weighted by Gasteiger charge is 2.02. The molecular weight excluding hydrogens is 200 g/mol. The van der Waals surface area contributed by atoms with Crippen molar-refractivity contribution in [1.29, 1.82) is 0 Å². The molecule has 0 saturated heterocycles. The number of ether oxygens (including phenoxy) is 1. The minimum absolute atomic E-state index is 0.409. The largest absolute Gasteiger partial charge is 0.494 e. The van der Waals surface area contributed by atoms with Gasteiger partial charge in [-0.15, -0.1) is 0 Å². The highest BCUT2D eigenvalue weighted by molar-refractivity contribution is 6.30. The van der Waals surface area contributed by atoms with E-state index in [0.717, 1.165) is 25.1 Å². The number of nitrogens with zero attached hydrogens (tertiary/aromatic N) is 1. The summed E-state index contributed by atoms with van der Waals surface area (Å²) < 4.78 is 5.07. The van der Waals surface area contributed by atoms with Crippen LogP contribution >= 0.6 is 11.6 Å². The second-order valence-electron chi connectivity index (χ2n) is 3.01. The summed E-state index contributed by atoms with van der Waals surface area (Å²) in [6.45, 7) is 3.94. The van der Waals surface area contributed by atoms with E-state index in [0.29, 0.717) is 10.9 Å². The second-order valence-corrected chi connectivity index (χ2v) is 3.37.